The molecule has 0 N–H and O–H groups in total. The van der Waals surface area contributed by atoms with Crippen LogP contribution in [0.15, 0.2) is 12.2 Å². The number of ether oxygens (including phenoxy) is 2. The van der Waals surface area contributed by atoms with Crippen LogP contribution in [-0.4, -0.2) is 38.1 Å². The van der Waals surface area contributed by atoms with E-state index in [1.807, 2.05) is 0 Å². The molecule has 21 heavy (non-hydrogen) atoms. The molecule has 2 atom stereocenters. The third kappa shape index (κ3) is 3.04. The van der Waals surface area contributed by atoms with Crippen molar-refractivity contribution in [1.82, 2.24) is 0 Å². The lowest BCUT2D eigenvalue weighted by atomic mass is 9.63. The maximum Gasteiger partial charge on any atom is 0.309 e. The normalized spacial score (nSPS) is 16.0. The highest BCUT2D eigenvalue weighted by atomic mass is 16.5. The Morgan fingerprint density at radius 3 is 1.48 bits per heavy atom. The number of carbonyl (C=O) groups is 4. The van der Waals surface area contributed by atoms with Crippen molar-refractivity contribution in [2.24, 2.45) is 17.3 Å². The largest absolute Gasteiger partial charge is 0.549 e. The second-order valence-corrected chi connectivity index (χ2v) is 4.41. The fraction of sp³-hybridized carbons (Fsp3) is 0.538. The Kier molecular flexibility index (Phi) is 6.09. The van der Waals surface area contributed by atoms with Gasteiger partial charge in [-0.1, -0.05) is 20.4 Å². The molecule has 0 aromatic rings. The molecular formula is C13H16O8-2. The van der Waals surface area contributed by atoms with Crippen LogP contribution in [0.3, 0.4) is 0 Å². The number of hydrogen-bond donors (Lipinski definition) is 0. The van der Waals surface area contributed by atoms with Crippen molar-refractivity contribution >= 4 is 23.9 Å². The van der Waals surface area contributed by atoms with E-state index >= 15 is 0 Å². The van der Waals surface area contributed by atoms with Gasteiger partial charge in [-0.05, 0) is 5.57 Å². The molecule has 8 heteroatoms. The Hall–Kier alpha value is -2.38. The number of carboxylic acid groups (broad SMARTS) is 2. The maximum absolute atomic E-state index is 11.7. The van der Waals surface area contributed by atoms with Gasteiger partial charge in [-0.3, -0.25) is 9.59 Å². The topological polar surface area (TPSA) is 133 Å². The zero-order chi connectivity index (χ0) is 17.0. The van der Waals surface area contributed by atoms with Crippen molar-refractivity contribution in [2.75, 3.05) is 14.2 Å². The van der Waals surface area contributed by atoms with Crippen LogP contribution in [0.5, 0.6) is 0 Å². The predicted octanol–water partition coefficient (Wildman–Crippen LogP) is -2.35. The SMILES string of the molecule is C=C(C(=O)[O-])C(C(=O)[O-])(C(C)C(=O)OC)C(C)C(=O)OC. The van der Waals surface area contributed by atoms with E-state index in [2.05, 4.69) is 16.1 Å². The van der Waals surface area contributed by atoms with Crippen molar-refractivity contribution in [2.45, 2.75) is 13.8 Å². The Morgan fingerprint density at radius 2 is 1.29 bits per heavy atom. The van der Waals surface area contributed by atoms with Crippen LogP contribution in [0, 0.1) is 17.3 Å². The standard InChI is InChI=1S/C13H18O8/c1-6(9(14)15)13(12(18)19,7(2)10(16)20-4)8(3)11(17)21-5/h7-8H,1H2,2-5H3,(H,14,15)(H,18,19)/p-2. The molecule has 0 amide bonds. The molecule has 0 aromatic carbocycles. The van der Waals surface area contributed by atoms with Crippen LogP contribution in [0.2, 0.25) is 0 Å². The van der Waals surface area contributed by atoms with Crippen molar-refractivity contribution in [3.8, 4) is 0 Å². The first-order chi connectivity index (χ1) is 9.58. The zero-order valence-corrected chi connectivity index (χ0v) is 12.1. The molecule has 0 spiro atoms. The molecule has 0 aliphatic rings. The van der Waals surface area contributed by atoms with E-state index in [0.717, 1.165) is 28.1 Å². The first-order valence-corrected chi connectivity index (χ1v) is 5.86. The van der Waals surface area contributed by atoms with Gasteiger partial charge in [0.05, 0.1) is 43.4 Å². The predicted molar refractivity (Wildman–Crippen MR) is 63.9 cm³/mol. The van der Waals surface area contributed by atoms with E-state index in [0.29, 0.717) is 0 Å². The number of aliphatic carboxylic acids is 2. The van der Waals surface area contributed by atoms with Gasteiger partial charge < -0.3 is 29.3 Å². The summed E-state index contributed by atoms with van der Waals surface area (Å²) in [5, 5.41) is 22.7. The smallest absolute Gasteiger partial charge is 0.309 e. The number of rotatable bonds is 7. The van der Waals surface area contributed by atoms with Gasteiger partial charge in [0.15, 0.2) is 0 Å². The second kappa shape index (κ2) is 6.87. The van der Waals surface area contributed by atoms with Crippen molar-refractivity contribution in [1.29, 1.82) is 0 Å². The molecule has 0 rings (SSSR count). The molecule has 0 saturated heterocycles. The fourth-order valence-electron chi connectivity index (χ4n) is 2.27. The lowest BCUT2D eigenvalue weighted by Gasteiger charge is -2.43. The van der Waals surface area contributed by atoms with E-state index in [9.17, 15) is 29.4 Å². The van der Waals surface area contributed by atoms with Gasteiger partial charge in [0, 0.05) is 0 Å². The highest BCUT2D eigenvalue weighted by Crippen LogP contribution is 2.43. The lowest BCUT2D eigenvalue weighted by molar-refractivity contribution is -0.326. The Morgan fingerprint density at radius 1 is 0.952 bits per heavy atom. The summed E-state index contributed by atoms with van der Waals surface area (Å²) < 4.78 is 8.85. The van der Waals surface area contributed by atoms with Crippen LogP contribution in [0.25, 0.3) is 0 Å². The monoisotopic (exact) mass is 300 g/mol. The molecule has 0 aliphatic carbocycles. The van der Waals surface area contributed by atoms with Gasteiger partial charge in [0.2, 0.25) is 0 Å². The molecule has 0 bridgehead atoms. The van der Waals surface area contributed by atoms with Gasteiger partial charge in [-0.2, -0.15) is 0 Å². The van der Waals surface area contributed by atoms with Crippen LogP contribution in [0.4, 0.5) is 0 Å². The van der Waals surface area contributed by atoms with Gasteiger partial charge in [0.25, 0.3) is 0 Å². The van der Waals surface area contributed by atoms with E-state index in [4.69, 9.17) is 0 Å². The summed E-state index contributed by atoms with van der Waals surface area (Å²) in [7, 11) is 1.98. The molecule has 118 valence electrons. The first-order valence-electron chi connectivity index (χ1n) is 5.86. The minimum absolute atomic E-state index is 0.974. The average Bonchev–Trinajstić information content (AvgIpc) is 2.44. The Labute approximate surface area is 121 Å². The molecule has 0 radical (unpaired) electrons. The van der Waals surface area contributed by atoms with Gasteiger partial charge in [-0.15, -0.1) is 0 Å². The Balaban J connectivity index is 6.33. The molecular weight excluding hydrogens is 284 g/mol. The Bertz CT molecular complexity index is 457. The molecule has 0 saturated carbocycles. The molecule has 0 fully saturated rings. The number of methoxy groups -OCH3 is 2. The van der Waals surface area contributed by atoms with Crippen molar-refractivity contribution in [3.05, 3.63) is 12.2 Å². The summed E-state index contributed by atoms with van der Waals surface area (Å²) in [6, 6.07) is 0. The first kappa shape index (κ1) is 18.6. The minimum Gasteiger partial charge on any atom is -0.549 e. The van der Waals surface area contributed by atoms with E-state index in [1.54, 1.807) is 0 Å². The zero-order valence-electron chi connectivity index (χ0n) is 12.1. The fourth-order valence-corrected chi connectivity index (χ4v) is 2.27. The average molecular weight is 300 g/mol. The third-order valence-electron chi connectivity index (χ3n) is 3.56. The van der Waals surface area contributed by atoms with E-state index in [1.165, 1.54) is 0 Å². The van der Waals surface area contributed by atoms with E-state index in [-0.39, 0.29) is 0 Å². The lowest BCUT2D eigenvalue weighted by Crippen LogP contribution is -2.58. The molecule has 0 aliphatic heterocycles. The summed E-state index contributed by atoms with van der Waals surface area (Å²) in [4.78, 5) is 46.1. The van der Waals surface area contributed by atoms with Crippen molar-refractivity contribution in [3.63, 3.8) is 0 Å². The number of esters is 2. The number of hydrogen-bond acceptors (Lipinski definition) is 8. The van der Waals surface area contributed by atoms with Crippen LogP contribution in [-0.2, 0) is 28.7 Å². The van der Waals surface area contributed by atoms with Gasteiger partial charge in [-0.25, -0.2) is 0 Å². The van der Waals surface area contributed by atoms with Crippen LogP contribution in [0.1, 0.15) is 13.8 Å². The van der Waals surface area contributed by atoms with Gasteiger partial charge >= 0.3 is 11.9 Å². The van der Waals surface area contributed by atoms with Crippen LogP contribution < -0.4 is 10.2 Å². The van der Waals surface area contributed by atoms with Gasteiger partial charge in [0.1, 0.15) is 0 Å². The number of carbonyl (C=O) groups excluding carboxylic acids is 4. The molecule has 2 unspecified atom stereocenters. The third-order valence-corrected chi connectivity index (χ3v) is 3.56. The van der Waals surface area contributed by atoms with Crippen molar-refractivity contribution < 1.29 is 38.9 Å². The summed E-state index contributed by atoms with van der Waals surface area (Å²) in [5.41, 5.74) is -3.53. The maximum atomic E-state index is 11.7. The molecule has 0 heterocycles. The minimum atomic E-state index is -2.56. The summed E-state index contributed by atoms with van der Waals surface area (Å²) >= 11 is 0. The quantitative estimate of drug-likeness (QED) is 0.377. The van der Waals surface area contributed by atoms with E-state index < -0.39 is 46.7 Å². The highest BCUT2D eigenvalue weighted by Gasteiger charge is 2.52. The molecule has 0 aromatic heterocycles. The van der Waals surface area contributed by atoms with Crippen LogP contribution >= 0.6 is 0 Å². The molecule has 8 nitrogen and oxygen atoms in total. The second-order valence-electron chi connectivity index (χ2n) is 4.41. The summed E-state index contributed by atoms with van der Waals surface area (Å²) in [6.07, 6.45) is 0. The highest BCUT2D eigenvalue weighted by molar-refractivity contribution is 6.00. The summed E-state index contributed by atoms with van der Waals surface area (Å²) in [6.45, 7) is 5.31. The summed E-state index contributed by atoms with van der Waals surface area (Å²) in [5.74, 6) is -9.10. The number of carboxylic acids is 2.